The van der Waals surface area contributed by atoms with Gasteiger partial charge in [-0.2, -0.15) is 8.78 Å². The first-order valence-corrected chi connectivity index (χ1v) is 7.46. The number of thioether (sulfide) groups is 1. The van der Waals surface area contributed by atoms with Crippen molar-refractivity contribution in [2.45, 2.75) is 16.8 Å². The van der Waals surface area contributed by atoms with Gasteiger partial charge in [0.1, 0.15) is 0 Å². The lowest BCUT2D eigenvalue weighted by molar-refractivity contribution is -0.127. The second kappa shape index (κ2) is 7.73. The Morgan fingerprint density at radius 1 is 1.00 bits per heavy atom. The number of rotatable bonds is 6. The normalized spacial score (nSPS) is 12.0. The Labute approximate surface area is 135 Å². The number of carbonyl (C=O) groups excluding carboxylic acids is 2. The SMILES string of the molecule is NC(=O)C(OC(=O)c1ccccc1SC(F)F)c1ccccc1. The topological polar surface area (TPSA) is 69.4 Å². The van der Waals surface area contributed by atoms with Crippen molar-refractivity contribution in [2.75, 3.05) is 0 Å². The Kier molecular flexibility index (Phi) is 5.70. The van der Waals surface area contributed by atoms with Gasteiger partial charge in [-0.1, -0.05) is 54.2 Å². The largest absolute Gasteiger partial charge is 0.444 e. The van der Waals surface area contributed by atoms with Crippen LogP contribution in [0.5, 0.6) is 0 Å². The molecule has 1 atom stereocenters. The third-order valence-electron chi connectivity index (χ3n) is 2.91. The number of esters is 1. The average molecular weight is 337 g/mol. The van der Waals surface area contributed by atoms with Crippen LogP contribution in [0.4, 0.5) is 8.78 Å². The molecule has 2 aromatic rings. The molecule has 4 nitrogen and oxygen atoms in total. The highest BCUT2D eigenvalue weighted by molar-refractivity contribution is 7.99. The number of benzene rings is 2. The van der Waals surface area contributed by atoms with Gasteiger partial charge in [-0.05, 0) is 12.1 Å². The van der Waals surface area contributed by atoms with E-state index in [2.05, 4.69) is 0 Å². The van der Waals surface area contributed by atoms with Crippen molar-refractivity contribution in [1.82, 2.24) is 0 Å². The van der Waals surface area contributed by atoms with E-state index in [0.717, 1.165) is 0 Å². The van der Waals surface area contributed by atoms with Gasteiger partial charge in [-0.3, -0.25) is 4.79 Å². The summed E-state index contributed by atoms with van der Waals surface area (Å²) in [7, 11) is 0. The van der Waals surface area contributed by atoms with Crippen LogP contribution in [0.25, 0.3) is 0 Å². The minimum atomic E-state index is -2.68. The highest BCUT2D eigenvalue weighted by Gasteiger charge is 2.25. The van der Waals surface area contributed by atoms with Crippen LogP contribution < -0.4 is 5.73 Å². The van der Waals surface area contributed by atoms with Crippen molar-refractivity contribution in [3.63, 3.8) is 0 Å². The van der Waals surface area contributed by atoms with Crippen molar-refractivity contribution in [3.8, 4) is 0 Å². The molecule has 1 unspecified atom stereocenters. The van der Waals surface area contributed by atoms with E-state index < -0.39 is 23.7 Å². The highest BCUT2D eigenvalue weighted by atomic mass is 32.2. The predicted molar refractivity (Wildman–Crippen MR) is 82.1 cm³/mol. The molecule has 7 heteroatoms. The Morgan fingerprint density at radius 3 is 2.22 bits per heavy atom. The van der Waals surface area contributed by atoms with E-state index in [9.17, 15) is 18.4 Å². The van der Waals surface area contributed by atoms with E-state index in [1.807, 2.05) is 0 Å². The van der Waals surface area contributed by atoms with E-state index in [-0.39, 0.29) is 22.2 Å². The van der Waals surface area contributed by atoms with Gasteiger partial charge in [-0.25, -0.2) is 4.79 Å². The Hall–Kier alpha value is -2.41. The van der Waals surface area contributed by atoms with Crippen LogP contribution in [0, 0.1) is 0 Å². The molecule has 0 aromatic heterocycles. The average Bonchev–Trinajstić information content (AvgIpc) is 2.53. The maximum absolute atomic E-state index is 12.6. The molecule has 2 aromatic carbocycles. The van der Waals surface area contributed by atoms with E-state index in [4.69, 9.17) is 10.5 Å². The summed E-state index contributed by atoms with van der Waals surface area (Å²) < 4.78 is 30.2. The van der Waals surface area contributed by atoms with Crippen LogP contribution in [0.2, 0.25) is 0 Å². The second-order valence-electron chi connectivity index (χ2n) is 4.47. The van der Waals surface area contributed by atoms with Crippen LogP contribution in [-0.2, 0) is 9.53 Å². The number of primary amides is 1. The summed E-state index contributed by atoms with van der Waals surface area (Å²) in [6.45, 7) is 0. The lowest BCUT2D eigenvalue weighted by Crippen LogP contribution is -2.26. The first-order chi connectivity index (χ1) is 11.0. The third kappa shape index (κ3) is 4.53. The third-order valence-corrected chi connectivity index (χ3v) is 3.70. The number of ether oxygens (including phenoxy) is 1. The molecular formula is C16H13F2NO3S. The van der Waals surface area contributed by atoms with E-state index in [1.54, 1.807) is 30.3 Å². The minimum Gasteiger partial charge on any atom is -0.444 e. The van der Waals surface area contributed by atoms with Crippen LogP contribution in [0.3, 0.4) is 0 Å². The van der Waals surface area contributed by atoms with Gasteiger partial charge in [-0.15, -0.1) is 0 Å². The Bertz CT molecular complexity index is 695. The smallest absolute Gasteiger partial charge is 0.340 e. The van der Waals surface area contributed by atoms with Crippen molar-refractivity contribution in [1.29, 1.82) is 0 Å². The van der Waals surface area contributed by atoms with Crippen molar-refractivity contribution in [3.05, 3.63) is 65.7 Å². The molecule has 0 aliphatic heterocycles. The zero-order chi connectivity index (χ0) is 16.8. The van der Waals surface area contributed by atoms with Gasteiger partial charge in [0.2, 0.25) is 6.10 Å². The Balaban J connectivity index is 2.25. The lowest BCUT2D eigenvalue weighted by Gasteiger charge is -2.16. The van der Waals surface area contributed by atoms with E-state index >= 15 is 0 Å². The standard InChI is InChI=1S/C16H13F2NO3S/c17-16(18)23-12-9-5-4-8-11(12)15(21)22-13(14(19)20)10-6-2-1-3-7-10/h1-9,13,16H,(H2,19,20). The number of amides is 1. The first-order valence-electron chi connectivity index (χ1n) is 6.58. The maximum Gasteiger partial charge on any atom is 0.340 e. The zero-order valence-corrected chi connectivity index (χ0v) is 12.6. The van der Waals surface area contributed by atoms with Gasteiger partial charge in [0, 0.05) is 10.5 Å². The molecule has 2 rings (SSSR count). The second-order valence-corrected chi connectivity index (χ2v) is 5.50. The van der Waals surface area contributed by atoms with Crippen molar-refractivity contribution < 1.29 is 23.1 Å². The summed E-state index contributed by atoms with van der Waals surface area (Å²) in [6, 6.07) is 14.0. The predicted octanol–water partition coefficient (Wildman–Crippen LogP) is 3.38. The molecule has 1 amide bonds. The van der Waals surface area contributed by atoms with Crippen molar-refractivity contribution >= 4 is 23.6 Å². The zero-order valence-electron chi connectivity index (χ0n) is 11.8. The molecule has 0 spiro atoms. The number of halogens is 2. The first kappa shape index (κ1) is 17.0. The molecule has 0 saturated carbocycles. The Morgan fingerprint density at radius 2 is 1.61 bits per heavy atom. The summed E-state index contributed by atoms with van der Waals surface area (Å²) in [4.78, 5) is 23.9. The van der Waals surface area contributed by atoms with Crippen LogP contribution in [-0.4, -0.2) is 17.6 Å². The molecule has 0 radical (unpaired) electrons. The van der Waals surface area contributed by atoms with Gasteiger partial charge < -0.3 is 10.5 Å². The molecule has 0 heterocycles. The van der Waals surface area contributed by atoms with Crippen molar-refractivity contribution in [2.24, 2.45) is 5.73 Å². The molecule has 0 saturated heterocycles. The summed E-state index contributed by atoms with van der Waals surface area (Å²) in [5, 5.41) is 0. The number of hydrogen-bond donors (Lipinski definition) is 1. The minimum absolute atomic E-state index is 0.0417. The van der Waals surface area contributed by atoms with Crippen LogP contribution in [0.1, 0.15) is 22.0 Å². The van der Waals surface area contributed by atoms with Gasteiger partial charge in [0.05, 0.1) is 5.56 Å². The highest BCUT2D eigenvalue weighted by Crippen LogP contribution is 2.30. The molecule has 0 fully saturated rings. The maximum atomic E-state index is 12.6. The molecule has 0 aliphatic carbocycles. The molecule has 23 heavy (non-hydrogen) atoms. The number of nitrogens with two attached hydrogens (primary N) is 1. The number of alkyl halides is 2. The molecule has 120 valence electrons. The molecular weight excluding hydrogens is 324 g/mol. The fourth-order valence-corrected chi connectivity index (χ4v) is 2.55. The van der Waals surface area contributed by atoms with E-state index in [1.165, 1.54) is 24.3 Å². The van der Waals surface area contributed by atoms with Gasteiger partial charge in [0.15, 0.2) is 0 Å². The summed E-state index contributed by atoms with van der Waals surface area (Å²) in [6.07, 6.45) is -1.28. The molecule has 2 N–H and O–H groups in total. The summed E-state index contributed by atoms with van der Waals surface area (Å²) in [5.41, 5.74) is 5.64. The fraction of sp³-hybridized carbons (Fsp3) is 0.125. The number of hydrogen-bond acceptors (Lipinski definition) is 4. The monoisotopic (exact) mass is 337 g/mol. The van der Waals surface area contributed by atoms with Gasteiger partial charge in [0.25, 0.3) is 11.7 Å². The number of carbonyl (C=O) groups is 2. The summed E-state index contributed by atoms with van der Waals surface area (Å²) in [5.74, 6) is -4.41. The van der Waals surface area contributed by atoms with Gasteiger partial charge >= 0.3 is 5.97 Å². The lowest BCUT2D eigenvalue weighted by atomic mass is 10.1. The van der Waals surface area contributed by atoms with E-state index in [0.29, 0.717) is 5.56 Å². The summed E-state index contributed by atoms with van der Waals surface area (Å²) >= 11 is 0.234. The fourth-order valence-electron chi connectivity index (χ4n) is 1.92. The quantitative estimate of drug-likeness (QED) is 0.648. The molecule has 0 aliphatic rings. The molecule has 0 bridgehead atoms. The van der Waals surface area contributed by atoms with Crippen LogP contribution >= 0.6 is 11.8 Å². The van der Waals surface area contributed by atoms with Crippen LogP contribution in [0.15, 0.2) is 59.5 Å².